The molecule has 2 heterocycles. The van der Waals surface area contributed by atoms with Crippen molar-refractivity contribution in [2.24, 2.45) is 0 Å². The van der Waals surface area contributed by atoms with Crippen LogP contribution in [0.15, 0.2) is 83.8 Å². The summed E-state index contributed by atoms with van der Waals surface area (Å²) in [5.74, 6) is 0.265. The largest absolute Gasteiger partial charge is 0.497 e. The first-order chi connectivity index (χ1) is 21.6. The lowest BCUT2D eigenvalue weighted by Crippen LogP contribution is -2.38. The van der Waals surface area contributed by atoms with Gasteiger partial charge >= 0.3 is 0 Å². The van der Waals surface area contributed by atoms with Gasteiger partial charge in [-0.1, -0.05) is 35.9 Å². The van der Waals surface area contributed by atoms with E-state index in [1.54, 1.807) is 59.0 Å². The van der Waals surface area contributed by atoms with Crippen LogP contribution < -0.4 is 4.74 Å². The lowest BCUT2D eigenvalue weighted by atomic mass is 10.1. The molecule has 4 aromatic carbocycles. The van der Waals surface area contributed by atoms with Crippen molar-refractivity contribution in [1.82, 2.24) is 13.8 Å². The second-order valence-electron chi connectivity index (χ2n) is 11.0. The predicted octanol–water partition coefficient (Wildman–Crippen LogP) is 6.52. The van der Waals surface area contributed by atoms with Crippen LogP contribution >= 0.6 is 34.2 Å². The first kappa shape index (κ1) is 31.5. The number of carbonyl (C=O) groups excluding carboxylic acids is 2. The zero-order valence-corrected chi connectivity index (χ0v) is 28.5. The molecule has 0 bridgehead atoms. The number of sulfonamides is 1. The molecule has 1 aromatic heterocycles. The van der Waals surface area contributed by atoms with Gasteiger partial charge in [-0.05, 0) is 101 Å². The van der Waals surface area contributed by atoms with Crippen LogP contribution in [-0.4, -0.2) is 67.3 Å². The smallest absolute Gasteiger partial charge is 0.262 e. The van der Waals surface area contributed by atoms with E-state index in [1.165, 1.54) is 4.31 Å². The molecule has 0 unspecified atom stereocenters. The number of rotatable bonds is 6. The van der Waals surface area contributed by atoms with Crippen molar-refractivity contribution in [3.8, 4) is 5.75 Å². The molecule has 6 rings (SSSR count). The highest BCUT2D eigenvalue weighted by atomic mass is 127. The van der Waals surface area contributed by atoms with Crippen LogP contribution in [0, 0.1) is 10.5 Å². The Morgan fingerprint density at radius 2 is 1.62 bits per heavy atom. The average Bonchev–Trinajstić information content (AvgIpc) is 3.17. The molecule has 232 valence electrons. The highest BCUT2D eigenvalue weighted by Gasteiger charge is 2.30. The maximum Gasteiger partial charge on any atom is 0.262 e. The van der Waals surface area contributed by atoms with Crippen molar-refractivity contribution in [2.45, 2.75) is 24.7 Å². The van der Waals surface area contributed by atoms with Crippen molar-refractivity contribution in [3.05, 3.63) is 104 Å². The fourth-order valence-electron chi connectivity index (χ4n) is 6.05. The van der Waals surface area contributed by atoms with Crippen LogP contribution in [0.1, 0.15) is 28.0 Å². The molecule has 1 aliphatic heterocycles. The Morgan fingerprint density at radius 1 is 0.889 bits per heavy atom. The Morgan fingerprint density at radius 3 is 2.38 bits per heavy atom. The van der Waals surface area contributed by atoms with E-state index in [-0.39, 0.29) is 36.2 Å². The van der Waals surface area contributed by atoms with Gasteiger partial charge in [-0.15, -0.1) is 0 Å². The quantitative estimate of drug-likeness (QED) is 0.184. The van der Waals surface area contributed by atoms with Crippen LogP contribution in [0.5, 0.6) is 5.75 Å². The third-order valence-corrected chi connectivity index (χ3v) is 11.6. The summed E-state index contributed by atoms with van der Waals surface area (Å²) in [7, 11) is -2.21. The van der Waals surface area contributed by atoms with Gasteiger partial charge in [-0.2, -0.15) is 4.31 Å². The number of aromatic nitrogens is 1. The Kier molecular flexibility index (Phi) is 8.93. The van der Waals surface area contributed by atoms with Crippen molar-refractivity contribution < 1.29 is 22.7 Å². The summed E-state index contributed by atoms with van der Waals surface area (Å²) in [6.45, 7) is 3.05. The van der Waals surface area contributed by atoms with Crippen LogP contribution in [-0.2, 0) is 21.2 Å². The fraction of sp³-hybridized carbons (Fsp3) is 0.235. The van der Waals surface area contributed by atoms with E-state index in [1.807, 2.05) is 43.3 Å². The van der Waals surface area contributed by atoms with Crippen molar-refractivity contribution >= 4 is 77.7 Å². The van der Waals surface area contributed by atoms with Gasteiger partial charge in [0.2, 0.25) is 15.9 Å². The monoisotopic (exact) mass is 755 g/mol. The number of carbonyl (C=O) groups is 2. The fourth-order valence-corrected chi connectivity index (χ4v) is 8.53. The molecule has 8 nitrogen and oxygen atoms in total. The van der Waals surface area contributed by atoms with Crippen LogP contribution in [0.25, 0.3) is 21.7 Å². The lowest BCUT2D eigenvalue weighted by molar-refractivity contribution is -0.130. The highest BCUT2D eigenvalue weighted by molar-refractivity contribution is 14.1. The van der Waals surface area contributed by atoms with Gasteiger partial charge in [0.1, 0.15) is 5.75 Å². The van der Waals surface area contributed by atoms with Gasteiger partial charge in [0.25, 0.3) is 5.91 Å². The minimum atomic E-state index is -3.79. The molecule has 0 atom stereocenters. The number of halogens is 2. The van der Waals surface area contributed by atoms with Gasteiger partial charge < -0.3 is 9.64 Å². The van der Waals surface area contributed by atoms with E-state index in [2.05, 4.69) is 22.6 Å². The topological polar surface area (TPSA) is 88.9 Å². The number of benzene rings is 4. The van der Waals surface area contributed by atoms with Gasteiger partial charge in [-0.25, -0.2) is 8.42 Å². The van der Waals surface area contributed by atoms with Crippen molar-refractivity contribution in [1.29, 1.82) is 0 Å². The first-order valence-electron chi connectivity index (χ1n) is 14.5. The van der Waals surface area contributed by atoms with Crippen molar-refractivity contribution in [2.75, 3.05) is 33.3 Å². The molecule has 5 aromatic rings. The predicted molar refractivity (Wildman–Crippen MR) is 185 cm³/mol. The Bertz CT molecular complexity index is 2060. The minimum Gasteiger partial charge on any atom is -0.497 e. The number of ether oxygens (including phenoxy) is 1. The third kappa shape index (κ3) is 5.96. The van der Waals surface area contributed by atoms with Gasteiger partial charge in [0.05, 0.1) is 23.9 Å². The normalized spacial score (nSPS) is 14.5. The molecule has 11 heteroatoms. The van der Waals surface area contributed by atoms with E-state index < -0.39 is 10.0 Å². The SMILES string of the molecule is COc1ccc2c(c1)c(CC(=O)N1CCCN(S(=O)(=O)c3cccc4c(I)cccc34)CC1)c(C)n2C(=O)c1ccc(Cl)cc1. The summed E-state index contributed by atoms with van der Waals surface area (Å²) in [4.78, 5) is 29.5. The summed E-state index contributed by atoms with van der Waals surface area (Å²) in [6, 6.07) is 23.2. The lowest BCUT2D eigenvalue weighted by Gasteiger charge is -2.23. The molecule has 1 amide bonds. The third-order valence-electron chi connectivity index (χ3n) is 8.42. The molecule has 1 aliphatic rings. The number of amides is 1. The summed E-state index contributed by atoms with van der Waals surface area (Å²) >= 11 is 8.27. The number of nitrogens with zero attached hydrogens (tertiary/aromatic N) is 3. The molecular formula is C34H31ClIN3O5S. The van der Waals surface area contributed by atoms with Crippen LogP contribution in [0.2, 0.25) is 5.02 Å². The molecular weight excluding hydrogens is 725 g/mol. The maximum atomic E-state index is 13.9. The Labute approximate surface area is 280 Å². The minimum absolute atomic E-state index is 0.0604. The summed E-state index contributed by atoms with van der Waals surface area (Å²) in [5, 5.41) is 2.88. The summed E-state index contributed by atoms with van der Waals surface area (Å²) < 4.78 is 37.3. The number of methoxy groups -OCH3 is 1. The molecule has 0 radical (unpaired) electrons. The Hall–Kier alpha value is -3.45. The van der Waals surface area contributed by atoms with E-state index in [0.29, 0.717) is 52.4 Å². The summed E-state index contributed by atoms with van der Waals surface area (Å²) in [5.41, 5.74) is 2.54. The van der Waals surface area contributed by atoms with Gasteiger partial charge in [-0.3, -0.25) is 14.2 Å². The molecule has 0 saturated carbocycles. The zero-order chi connectivity index (χ0) is 31.9. The second-order valence-corrected chi connectivity index (χ2v) is 14.5. The first-order valence-corrected chi connectivity index (χ1v) is 17.4. The number of fused-ring (bicyclic) bond motifs is 2. The van der Waals surface area contributed by atoms with E-state index in [0.717, 1.165) is 19.9 Å². The standard InChI is InChI=1S/C34H31ClIN3O5S/c1-22-28(29-20-25(44-2)14-15-31(29)39(22)34(41)23-10-12-24(35)13-11-23)21-33(40)37-16-5-17-38(19-18-37)45(42,43)32-9-4-6-26-27(32)7-3-8-30(26)36/h3-4,6-15,20H,5,16-19,21H2,1-2H3. The van der Waals surface area contributed by atoms with Gasteiger partial charge in [0.15, 0.2) is 0 Å². The second kappa shape index (κ2) is 12.7. The molecule has 0 N–H and O–H groups in total. The van der Waals surface area contributed by atoms with Crippen molar-refractivity contribution in [3.63, 3.8) is 0 Å². The molecule has 45 heavy (non-hydrogen) atoms. The molecule has 0 spiro atoms. The molecule has 1 fully saturated rings. The summed E-state index contributed by atoms with van der Waals surface area (Å²) in [6.07, 6.45) is 0.571. The zero-order valence-electron chi connectivity index (χ0n) is 24.8. The van der Waals surface area contributed by atoms with E-state index in [9.17, 15) is 18.0 Å². The molecule has 0 aliphatic carbocycles. The van der Waals surface area contributed by atoms with Crippen LogP contribution in [0.4, 0.5) is 0 Å². The average molecular weight is 756 g/mol. The Balaban J connectivity index is 1.27. The maximum absolute atomic E-state index is 13.9. The van der Waals surface area contributed by atoms with E-state index in [4.69, 9.17) is 16.3 Å². The number of hydrogen-bond acceptors (Lipinski definition) is 5. The van der Waals surface area contributed by atoms with Gasteiger partial charge in [0, 0.05) is 56.8 Å². The molecule has 1 saturated heterocycles. The van der Waals surface area contributed by atoms with Crippen LogP contribution in [0.3, 0.4) is 0 Å². The highest BCUT2D eigenvalue weighted by Crippen LogP contribution is 2.32. The number of hydrogen-bond donors (Lipinski definition) is 0. The van der Waals surface area contributed by atoms with E-state index >= 15 is 0 Å².